The number of pyridine rings is 1. The van der Waals surface area contributed by atoms with Gasteiger partial charge in [-0.25, -0.2) is 0 Å². The van der Waals surface area contributed by atoms with Gasteiger partial charge in [-0.15, -0.1) is 0 Å². The molecule has 1 aliphatic heterocycles. The van der Waals surface area contributed by atoms with E-state index in [4.69, 9.17) is 4.74 Å². The fourth-order valence-electron chi connectivity index (χ4n) is 7.19. The minimum atomic E-state index is -0.512. The van der Waals surface area contributed by atoms with Crippen LogP contribution in [0.1, 0.15) is 47.2 Å². The molecule has 8 rings (SSSR count). The Morgan fingerprint density at radius 3 is 1.76 bits per heavy atom. The van der Waals surface area contributed by atoms with Crippen LogP contribution < -0.4 is 4.74 Å². The molecular weight excluding hydrogens is 498 g/mol. The van der Waals surface area contributed by atoms with Gasteiger partial charge in [0, 0.05) is 28.3 Å². The minimum Gasteiger partial charge on any atom is -0.457 e. The number of para-hydroxylation sites is 2. The van der Waals surface area contributed by atoms with Gasteiger partial charge >= 0.3 is 0 Å². The molecule has 0 saturated heterocycles. The van der Waals surface area contributed by atoms with Gasteiger partial charge in [0.2, 0.25) is 0 Å². The van der Waals surface area contributed by atoms with Gasteiger partial charge in [-0.1, -0.05) is 111 Å². The zero-order valence-electron chi connectivity index (χ0n) is 23.1. The number of benzene rings is 5. The number of nitrogens with zero attached hydrogens (tertiary/aromatic N) is 1. The second-order valence-electron chi connectivity index (χ2n) is 11.6. The Hall–Kier alpha value is -4.95. The molecule has 2 heterocycles. The lowest BCUT2D eigenvalue weighted by molar-refractivity contribution is 0.425. The summed E-state index contributed by atoms with van der Waals surface area (Å²) >= 11 is 0. The van der Waals surface area contributed by atoms with E-state index in [0.29, 0.717) is 0 Å². The molecule has 0 N–H and O–H groups in total. The van der Waals surface area contributed by atoms with Crippen LogP contribution in [0.5, 0.6) is 11.5 Å². The molecule has 1 spiro atoms. The van der Waals surface area contributed by atoms with Gasteiger partial charge in [0.1, 0.15) is 11.5 Å². The first-order valence-corrected chi connectivity index (χ1v) is 14.2. The highest BCUT2D eigenvalue weighted by molar-refractivity contribution is 5.79. The molecule has 0 unspecified atom stereocenters. The maximum Gasteiger partial charge on any atom is 0.132 e. The van der Waals surface area contributed by atoms with E-state index < -0.39 is 5.41 Å². The monoisotopic (exact) mass is 527 g/mol. The van der Waals surface area contributed by atoms with Gasteiger partial charge in [-0.2, -0.15) is 0 Å². The predicted octanol–water partition coefficient (Wildman–Crippen LogP) is 9.54. The summed E-state index contributed by atoms with van der Waals surface area (Å²) in [5, 5.41) is 0. The standard InChI is InChI=1S/C39H29NO/c1-38(2)29-14-3-4-15-31(29)39(32-16-5-7-19-36(32)41-37-20-8-6-17-33(37)39)34-25-27(21-22-30(34)38)26-12-11-13-28(24-26)35-18-9-10-23-40-35/h3-25H,1-2H3. The van der Waals surface area contributed by atoms with Crippen LogP contribution in [0.4, 0.5) is 0 Å². The summed E-state index contributed by atoms with van der Waals surface area (Å²) in [5.74, 6) is 1.82. The molecule has 0 bridgehead atoms. The smallest absolute Gasteiger partial charge is 0.132 e. The molecule has 41 heavy (non-hydrogen) atoms. The van der Waals surface area contributed by atoms with Crippen molar-refractivity contribution in [1.82, 2.24) is 4.98 Å². The van der Waals surface area contributed by atoms with E-state index >= 15 is 0 Å². The fraction of sp³-hybridized carbons (Fsp3) is 0.103. The second kappa shape index (κ2) is 8.78. The Labute approximate surface area is 240 Å². The van der Waals surface area contributed by atoms with Crippen LogP contribution in [0.2, 0.25) is 0 Å². The van der Waals surface area contributed by atoms with Crippen molar-refractivity contribution in [3.05, 3.63) is 173 Å². The van der Waals surface area contributed by atoms with Crippen LogP contribution in [0.15, 0.2) is 140 Å². The highest BCUT2D eigenvalue weighted by Crippen LogP contribution is 2.61. The number of rotatable bonds is 2. The summed E-state index contributed by atoms with van der Waals surface area (Å²) < 4.78 is 6.56. The SMILES string of the molecule is CC1(C)c2ccccc2C2(c3ccccc3Oc3ccccc32)c2cc(-c3cccc(-c4ccccn4)c3)ccc21. The van der Waals surface area contributed by atoms with Gasteiger partial charge in [0.15, 0.2) is 0 Å². The third kappa shape index (κ3) is 3.34. The molecule has 2 nitrogen and oxygen atoms in total. The Morgan fingerprint density at radius 1 is 0.463 bits per heavy atom. The molecule has 196 valence electrons. The minimum absolute atomic E-state index is 0.173. The number of hydrogen-bond donors (Lipinski definition) is 0. The Bertz CT molecular complexity index is 1910. The lowest BCUT2D eigenvalue weighted by Crippen LogP contribution is -2.43. The molecule has 1 aromatic heterocycles. The van der Waals surface area contributed by atoms with Crippen molar-refractivity contribution in [2.75, 3.05) is 0 Å². The van der Waals surface area contributed by atoms with E-state index in [1.807, 2.05) is 18.3 Å². The van der Waals surface area contributed by atoms with Crippen LogP contribution in [-0.2, 0) is 10.8 Å². The van der Waals surface area contributed by atoms with Gasteiger partial charge in [-0.05, 0) is 69.8 Å². The Morgan fingerprint density at radius 2 is 1.05 bits per heavy atom. The molecule has 5 aromatic carbocycles. The largest absolute Gasteiger partial charge is 0.457 e. The topological polar surface area (TPSA) is 22.1 Å². The van der Waals surface area contributed by atoms with Crippen LogP contribution in [0, 0.1) is 0 Å². The average molecular weight is 528 g/mol. The van der Waals surface area contributed by atoms with Crippen molar-refractivity contribution in [2.24, 2.45) is 0 Å². The summed E-state index contributed by atoms with van der Waals surface area (Å²) in [4.78, 5) is 4.60. The first kappa shape index (κ1) is 23.9. The maximum atomic E-state index is 6.56. The third-order valence-corrected chi connectivity index (χ3v) is 9.06. The Kier molecular flexibility index (Phi) is 5.11. The first-order valence-electron chi connectivity index (χ1n) is 14.2. The van der Waals surface area contributed by atoms with Crippen LogP contribution in [0.3, 0.4) is 0 Å². The molecule has 0 amide bonds. The van der Waals surface area contributed by atoms with Crippen molar-refractivity contribution < 1.29 is 4.74 Å². The Balaban J connectivity index is 1.46. The van der Waals surface area contributed by atoms with Crippen molar-refractivity contribution in [3.8, 4) is 33.9 Å². The predicted molar refractivity (Wildman–Crippen MR) is 166 cm³/mol. The molecule has 0 saturated carbocycles. The summed E-state index contributed by atoms with van der Waals surface area (Å²) in [7, 11) is 0. The van der Waals surface area contributed by atoms with Gasteiger partial charge in [-0.3, -0.25) is 4.98 Å². The fourth-order valence-corrected chi connectivity index (χ4v) is 7.19. The van der Waals surface area contributed by atoms with Crippen molar-refractivity contribution >= 4 is 0 Å². The summed E-state index contributed by atoms with van der Waals surface area (Å²) in [6.45, 7) is 4.71. The van der Waals surface area contributed by atoms with Gasteiger partial charge in [0.25, 0.3) is 0 Å². The van der Waals surface area contributed by atoms with Crippen LogP contribution >= 0.6 is 0 Å². The van der Waals surface area contributed by atoms with Crippen molar-refractivity contribution in [3.63, 3.8) is 0 Å². The summed E-state index contributed by atoms with van der Waals surface area (Å²) in [6.07, 6.45) is 1.85. The van der Waals surface area contributed by atoms with Crippen molar-refractivity contribution in [1.29, 1.82) is 0 Å². The van der Waals surface area contributed by atoms with Gasteiger partial charge < -0.3 is 4.74 Å². The lowest BCUT2D eigenvalue weighted by Gasteiger charge is -2.50. The second-order valence-corrected chi connectivity index (χ2v) is 11.6. The zero-order chi connectivity index (χ0) is 27.6. The quantitative estimate of drug-likeness (QED) is 0.223. The van der Waals surface area contributed by atoms with Crippen LogP contribution in [-0.4, -0.2) is 4.98 Å². The van der Waals surface area contributed by atoms with E-state index in [0.717, 1.165) is 22.8 Å². The molecule has 0 atom stereocenters. The van der Waals surface area contributed by atoms with E-state index in [9.17, 15) is 0 Å². The average Bonchev–Trinajstić information content (AvgIpc) is 3.03. The number of aromatic nitrogens is 1. The molecular formula is C39H29NO. The molecule has 0 fully saturated rings. The van der Waals surface area contributed by atoms with Crippen LogP contribution in [0.25, 0.3) is 22.4 Å². The summed E-state index contributed by atoms with van der Waals surface area (Å²) in [6, 6.07) is 48.0. The van der Waals surface area contributed by atoms with E-state index in [-0.39, 0.29) is 5.41 Å². The molecule has 2 heteroatoms. The summed E-state index contributed by atoms with van der Waals surface area (Å²) in [5.41, 5.74) is 11.5. The molecule has 2 aliphatic rings. The third-order valence-electron chi connectivity index (χ3n) is 9.06. The van der Waals surface area contributed by atoms with E-state index in [1.165, 1.54) is 44.5 Å². The maximum absolute atomic E-state index is 6.56. The van der Waals surface area contributed by atoms with Gasteiger partial charge in [0.05, 0.1) is 11.1 Å². The molecule has 6 aromatic rings. The lowest BCUT2D eigenvalue weighted by atomic mass is 9.53. The highest BCUT2D eigenvalue weighted by atomic mass is 16.5. The normalized spacial score (nSPS) is 15.2. The molecule has 1 aliphatic carbocycles. The number of ether oxygens (including phenoxy) is 1. The zero-order valence-corrected chi connectivity index (χ0v) is 23.1. The van der Waals surface area contributed by atoms with E-state index in [2.05, 4.69) is 140 Å². The first-order chi connectivity index (χ1) is 20.1. The van der Waals surface area contributed by atoms with E-state index in [1.54, 1.807) is 0 Å². The number of fused-ring (bicyclic) bond motifs is 8. The highest BCUT2D eigenvalue weighted by Gasteiger charge is 2.52. The van der Waals surface area contributed by atoms with Crippen molar-refractivity contribution in [2.45, 2.75) is 24.7 Å². The number of hydrogen-bond acceptors (Lipinski definition) is 2. The molecule has 0 radical (unpaired) electrons.